The van der Waals surface area contributed by atoms with Crippen LogP contribution in [0.3, 0.4) is 0 Å². The first kappa shape index (κ1) is 29.7. The Morgan fingerprint density at radius 3 is 2.22 bits per heavy atom. The molecule has 2 rings (SSSR count). The molecule has 1 aromatic carbocycles. The molecule has 0 heterocycles. The summed E-state index contributed by atoms with van der Waals surface area (Å²) in [5.41, 5.74) is 0.191. The molecule has 6 nitrogen and oxygen atoms in total. The van der Waals surface area contributed by atoms with E-state index in [-0.39, 0.29) is 23.8 Å². The summed E-state index contributed by atoms with van der Waals surface area (Å²) in [5, 5.41) is 5.68. The van der Waals surface area contributed by atoms with Gasteiger partial charge in [-0.25, -0.2) is 8.78 Å². The number of carbonyl (C=O) groups is 3. The van der Waals surface area contributed by atoms with E-state index in [1.54, 1.807) is 11.9 Å². The lowest BCUT2D eigenvalue weighted by atomic mass is 9.84. The number of halogens is 2. The Hall–Kier alpha value is -2.51. The molecule has 1 saturated carbocycles. The van der Waals surface area contributed by atoms with Gasteiger partial charge in [0.25, 0.3) is 0 Å². The van der Waals surface area contributed by atoms with Gasteiger partial charge in [0.15, 0.2) is 0 Å². The van der Waals surface area contributed by atoms with Crippen LogP contribution in [0.25, 0.3) is 0 Å². The number of carbonyl (C=O) groups excluding carboxylic acids is 3. The lowest BCUT2D eigenvalue weighted by Gasteiger charge is -2.31. The molecule has 0 saturated heterocycles. The highest BCUT2D eigenvalue weighted by molar-refractivity contribution is 5.92. The molecular formula is C28H43F2N3O3. The molecule has 0 spiro atoms. The van der Waals surface area contributed by atoms with Gasteiger partial charge in [-0.1, -0.05) is 59.3 Å². The third kappa shape index (κ3) is 10.2. The third-order valence-electron chi connectivity index (χ3n) is 6.78. The summed E-state index contributed by atoms with van der Waals surface area (Å²) in [4.78, 5) is 41.0. The molecule has 0 aromatic heterocycles. The van der Waals surface area contributed by atoms with Gasteiger partial charge in [0.05, 0.1) is 6.42 Å². The average molecular weight is 508 g/mol. The monoisotopic (exact) mass is 507 g/mol. The lowest BCUT2D eigenvalue weighted by Crippen LogP contribution is -2.55. The number of amides is 3. The second-order valence-corrected chi connectivity index (χ2v) is 10.6. The number of likely N-dealkylation sites (N-methyl/N-ethyl adjacent to an activating group) is 1. The second kappa shape index (κ2) is 14.9. The molecule has 0 unspecified atom stereocenters. The normalized spacial score (nSPS) is 15.9. The Morgan fingerprint density at radius 1 is 1.00 bits per heavy atom. The molecule has 8 heteroatoms. The number of unbranched alkanes of at least 4 members (excludes halogenated alkanes) is 1. The number of hydrogen-bond donors (Lipinski definition) is 2. The number of nitrogens with one attached hydrogen (secondary N) is 2. The minimum absolute atomic E-state index is 0.104. The molecule has 1 aromatic rings. The maximum absolute atomic E-state index is 13.5. The van der Waals surface area contributed by atoms with Crippen molar-refractivity contribution in [2.45, 2.75) is 97.1 Å². The molecule has 202 valence electrons. The van der Waals surface area contributed by atoms with Crippen LogP contribution < -0.4 is 10.6 Å². The molecule has 2 atom stereocenters. The zero-order valence-electron chi connectivity index (χ0n) is 22.2. The maximum atomic E-state index is 13.5. The van der Waals surface area contributed by atoms with Crippen molar-refractivity contribution in [3.05, 3.63) is 35.4 Å². The van der Waals surface area contributed by atoms with E-state index in [4.69, 9.17) is 0 Å². The van der Waals surface area contributed by atoms with E-state index in [0.717, 1.165) is 56.7 Å². The van der Waals surface area contributed by atoms with Crippen LogP contribution in [0.2, 0.25) is 0 Å². The minimum atomic E-state index is -0.849. The van der Waals surface area contributed by atoms with E-state index in [9.17, 15) is 23.2 Å². The van der Waals surface area contributed by atoms with Gasteiger partial charge in [0.1, 0.15) is 23.7 Å². The van der Waals surface area contributed by atoms with Gasteiger partial charge >= 0.3 is 0 Å². The molecular weight excluding hydrogens is 464 g/mol. The Balaban J connectivity index is 2.12. The first-order valence-corrected chi connectivity index (χ1v) is 13.4. The zero-order valence-corrected chi connectivity index (χ0v) is 22.2. The van der Waals surface area contributed by atoms with E-state index in [2.05, 4.69) is 17.6 Å². The summed E-state index contributed by atoms with van der Waals surface area (Å²) in [5.74, 6) is -2.04. The second-order valence-electron chi connectivity index (χ2n) is 10.6. The lowest BCUT2D eigenvalue weighted by molar-refractivity contribution is -0.137. The van der Waals surface area contributed by atoms with E-state index in [0.29, 0.717) is 25.3 Å². The summed E-state index contributed by atoms with van der Waals surface area (Å²) in [7, 11) is 1.77. The van der Waals surface area contributed by atoms with Crippen molar-refractivity contribution < 1.29 is 23.2 Å². The number of benzene rings is 1. The smallest absolute Gasteiger partial charge is 0.244 e. The fourth-order valence-corrected chi connectivity index (χ4v) is 4.87. The van der Waals surface area contributed by atoms with Crippen molar-refractivity contribution in [1.29, 1.82) is 0 Å². The SMILES string of the molecule is CCCCN(C)C(=O)[C@H](CC1CCCCC1)NC(=O)[C@H](CC(C)C)NC(=O)Cc1cc(F)cc(F)c1. The van der Waals surface area contributed by atoms with Crippen molar-refractivity contribution in [1.82, 2.24) is 15.5 Å². The molecule has 3 amide bonds. The first-order valence-electron chi connectivity index (χ1n) is 13.4. The van der Waals surface area contributed by atoms with Crippen LogP contribution in [-0.2, 0) is 20.8 Å². The summed E-state index contributed by atoms with van der Waals surface area (Å²) in [6.45, 7) is 6.58. The molecule has 0 radical (unpaired) electrons. The van der Waals surface area contributed by atoms with Gasteiger partial charge in [-0.05, 0) is 48.8 Å². The highest BCUT2D eigenvalue weighted by atomic mass is 19.1. The molecule has 0 bridgehead atoms. The van der Waals surface area contributed by atoms with Crippen molar-refractivity contribution in [3.8, 4) is 0 Å². The number of nitrogens with zero attached hydrogens (tertiary/aromatic N) is 1. The van der Waals surface area contributed by atoms with Crippen LogP contribution in [0.5, 0.6) is 0 Å². The van der Waals surface area contributed by atoms with Crippen molar-refractivity contribution in [2.24, 2.45) is 11.8 Å². The van der Waals surface area contributed by atoms with Gasteiger partial charge in [-0.15, -0.1) is 0 Å². The Kier molecular flexibility index (Phi) is 12.3. The molecule has 36 heavy (non-hydrogen) atoms. The molecule has 1 aliphatic carbocycles. The zero-order chi connectivity index (χ0) is 26.7. The molecule has 1 fully saturated rings. The van der Waals surface area contributed by atoms with E-state index in [1.807, 2.05) is 13.8 Å². The van der Waals surface area contributed by atoms with Gasteiger partial charge in [-0.3, -0.25) is 14.4 Å². The van der Waals surface area contributed by atoms with Crippen LogP contribution in [0, 0.1) is 23.5 Å². The topological polar surface area (TPSA) is 78.5 Å². The fraction of sp³-hybridized carbons (Fsp3) is 0.679. The summed E-state index contributed by atoms with van der Waals surface area (Å²) in [6.07, 6.45) is 8.15. The van der Waals surface area contributed by atoms with Crippen molar-refractivity contribution in [3.63, 3.8) is 0 Å². The average Bonchev–Trinajstić information content (AvgIpc) is 2.80. The van der Waals surface area contributed by atoms with Gasteiger partial charge in [0, 0.05) is 19.7 Å². The van der Waals surface area contributed by atoms with Crippen LogP contribution in [0.4, 0.5) is 8.78 Å². The van der Waals surface area contributed by atoms with Crippen molar-refractivity contribution in [2.75, 3.05) is 13.6 Å². The van der Waals surface area contributed by atoms with Gasteiger partial charge < -0.3 is 15.5 Å². The van der Waals surface area contributed by atoms with Crippen LogP contribution in [0.15, 0.2) is 18.2 Å². The summed E-state index contributed by atoms with van der Waals surface area (Å²) >= 11 is 0. The number of rotatable bonds is 13. The van der Waals surface area contributed by atoms with Crippen LogP contribution in [0.1, 0.15) is 84.1 Å². The van der Waals surface area contributed by atoms with E-state index >= 15 is 0 Å². The minimum Gasteiger partial charge on any atom is -0.344 e. The van der Waals surface area contributed by atoms with E-state index in [1.165, 1.54) is 6.42 Å². The maximum Gasteiger partial charge on any atom is 0.244 e. The Bertz CT molecular complexity index is 851. The molecule has 1 aliphatic rings. The third-order valence-corrected chi connectivity index (χ3v) is 6.78. The molecule has 0 aliphatic heterocycles. The fourth-order valence-electron chi connectivity index (χ4n) is 4.87. The predicted octanol–water partition coefficient (Wildman–Crippen LogP) is 4.75. The Labute approximate surface area is 214 Å². The standard InChI is InChI=1S/C28H43F2N3O3/c1-5-6-12-33(4)28(36)25(16-20-10-8-7-9-11-20)32-27(35)24(13-19(2)3)31-26(34)17-21-14-22(29)18-23(30)15-21/h14-15,18-20,24-25H,5-13,16-17H2,1-4H3,(H,31,34)(H,32,35)/t24-,25-/m0/s1. The quantitative estimate of drug-likeness (QED) is 0.404. The Morgan fingerprint density at radius 2 is 1.64 bits per heavy atom. The highest BCUT2D eigenvalue weighted by Gasteiger charge is 2.31. The predicted molar refractivity (Wildman–Crippen MR) is 137 cm³/mol. The molecule has 2 N–H and O–H groups in total. The van der Waals surface area contributed by atoms with Crippen LogP contribution in [-0.4, -0.2) is 48.3 Å². The van der Waals surface area contributed by atoms with Gasteiger partial charge in [-0.2, -0.15) is 0 Å². The van der Waals surface area contributed by atoms with Crippen LogP contribution >= 0.6 is 0 Å². The number of hydrogen-bond acceptors (Lipinski definition) is 3. The van der Waals surface area contributed by atoms with Gasteiger partial charge in [0.2, 0.25) is 17.7 Å². The first-order chi connectivity index (χ1) is 17.1. The summed E-state index contributed by atoms with van der Waals surface area (Å²) in [6, 6.07) is 1.46. The van der Waals surface area contributed by atoms with E-state index < -0.39 is 35.5 Å². The van der Waals surface area contributed by atoms with Crippen molar-refractivity contribution >= 4 is 17.7 Å². The highest BCUT2D eigenvalue weighted by Crippen LogP contribution is 2.28. The summed E-state index contributed by atoms with van der Waals surface area (Å²) < 4.78 is 27.0. The largest absolute Gasteiger partial charge is 0.344 e.